The first-order valence-electron chi connectivity index (χ1n) is 12.0. The number of anilines is 3. The van der Waals surface area contributed by atoms with Crippen LogP contribution in [0.2, 0.25) is 0 Å². The second-order valence-electron chi connectivity index (χ2n) is 8.91. The van der Waals surface area contributed by atoms with Gasteiger partial charge in [0.25, 0.3) is 5.91 Å². The minimum atomic E-state index is -0.437. The van der Waals surface area contributed by atoms with Gasteiger partial charge in [0.2, 0.25) is 5.91 Å². The smallest absolute Gasteiger partial charge is 0.338 e. The summed E-state index contributed by atoms with van der Waals surface area (Å²) in [6.45, 7) is 2.33. The first-order valence-corrected chi connectivity index (χ1v) is 12.0. The number of carbonyl (C=O) groups is 3. The van der Waals surface area contributed by atoms with Crippen molar-refractivity contribution in [3.8, 4) is 0 Å². The van der Waals surface area contributed by atoms with Gasteiger partial charge in [0, 0.05) is 24.0 Å². The third-order valence-corrected chi connectivity index (χ3v) is 5.94. The van der Waals surface area contributed by atoms with E-state index in [2.05, 4.69) is 10.6 Å². The van der Waals surface area contributed by atoms with Crippen molar-refractivity contribution in [3.63, 3.8) is 0 Å². The number of carbonyl (C=O) groups excluding carboxylic acids is 3. The molecule has 1 aliphatic heterocycles. The maximum Gasteiger partial charge on any atom is 0.338 e. The van der Waals surface area contributed by atoms with E-state index in [0.29, 0.717) is 34.6 Å². The molecule has 8 nitrogen and oxygen atoms in total. The van der Waals surface area contributed by atoms with Gasteiger partial charge in [0.05, 0.1) is 35.7 Å². The van der Waals surface area contributed by atoms with E-state index in [1.807, 2.05) is 73.6 Å². The zero-order chi connectivity index (χ0) is 26.5. The first-order chi connectivity index (χ1) is 17.8. The van der Waals surface area contributed by atoms with Crippen molar-refractivity contribution >= 4 is 46.1 Å². The Labute approximate surface area is 216 Å². The van der Waals surface area contributed by atoms with Crippen molar-refractivity contribution < 1.29 is 19.1 Å². The summed E-state index contributed by atoms with van der Waals surface area (Å²) in [7, 11) is 5.45. The van der Waals surface area contributed by atoms with Crippen LogP contribution in [0.3, 0.4) is 0 Å². The van der Waals surface area contributed by atoms with E-state index >= 15 is 0 Å². The van der Waals surface area contributed by atoms with E-state index in [0.717, 1.165) is 16.9 Å². The van der Waals surface area contributed by atoms with Crippen molar-refractivity contribution in [1.82, 2.24) is 4.90 Å². The van der Waals surface area contributed by atoms with Gasteiger partial charge in [-0.15, -0.1) is 0 Å². The fourth-order valence-corrected chi connectivity index (χ4v) is 4.08. The summed E-state index contributed by atoms with van der Waals surface area (Å²) in [5.74, 6) is -0.722. The lowest BCUT2D eigenvalue weighted by Gasteiger charge is -2.20. The number of benzene rings is 3. The average Bonchev–Trinajstić information content (AvgIpc) is 3.22. The van der Waals surface area contributed by atoms with Gasteiger partial charge in [-0.1, -0.05) is 36.4 Å². The summed E-state index contributed by atoms with van der Waals surface area (Å²) in [6.07, 6.45) is 0. The van der Waals surface area contributed by atoms with Gasteiger partial charge in [-0.2, -0.15) is 0 Å². The molecular weight excluding hydrogens is 468 g/mol. The molecule has 0 saturated carbocycles. The molecule has 0 unspecified atom stereocenters. The summed E-state index contributed by atoms with van der Waals surface area (Å²) in [6, 6.07) is 22.1. The molecule has 190 valence electrons. The van der Waals surface area contributed by atoms with Crippen molar-refractivity contribution in [2.45, 2.75) is 6.92 Å². The minimum absolute atomic E-state index is 0.0146. The fraction of sp³-hybridized carbons (Fsp3) is 0.207. The molecule has 1 aliphatic rings. The van der Waals surface area contributed by atoms with Crippen LogP contribution in [0.1, 0.15) is 28.4 Å². The Morgan fingerprint density at radius 1 is 0.919 bits per heavy atom. The van der Waals surface area contributed by atoms with Crippen LogP contribution in [0.4, 0.5) is 17.1 Å². The van der Waals surface area contributed by atoms with E-state index in [1.165, 1.54) is 0 Å². The normalized spacial score (nSPS) is 13.6. The van der Waals surface area contributed by atoms with Crippen molar-refractivity contribution in [3.05, 3.63) is 89.5 Å². The molecule has 0 saturated heterocycles. The van der Waals surface area contributed by atoms with E-state index in [4.69, 9.17) is 4.74 Å². The molecule has 2 N–H and O–H groups in total. The molecule has 0 aliphatic carbocycles. The highest BCUT2D eigenvalue weighted by molar-refractivity contribution is 6.37. The van der Waals surface area contributed by atoms with Crippen LogP contribution in [-0.2, 0) is 14.3 Å². The number of hydrogen-bond donors (Lipinski definition) is 2. The molecular formula is C29H30N4O4. The summed E-state index contributed by atoms with van der Waals surface area (Å²) < 4.78 is 5.09. The third kappa shape index (κ3) is 5.70. The van der Waals surface area contributed by atoms with E-state index in [1.54, 1.807) is 37.1 Å². The van der Waals surface area contributed by atoms with Gasteiger partial charge in [-0.05, 0) is 63.0 Å². The Morgan fingerprint density at radius 3 is 2.27 bits per heavy atom. The van der Waals surface area contributed by atoms with E-state index in [-0.39, 0.29) is 18.4 Å². The molecule has 8 heteroatoms. The molecule has 2 amide bonds. The van der Waals surface area contributed by atoms with Crippen LogP contribution in [0.25, 0.3) is 11.3 Å². The largest absolute Gasteiger partial charge is 0.462 e. The SMILES string of the molecule is CCOC(=O)c1ccc2c(c1)NC(=O)/C2=C(\Nc1ccc(N(C)C(=O)CN(C)C)cc1)c1ccccc1. The minimum Gasteiger partial charge on any atom is -0.462 e. The van der Waals surface area contributed by atoms with Crippen LogP contribution >= 0.6 is 0 Å². The number of rotatable bonds is 8. The number of nitrogens with one attached hydrogen (secondary N) is 2. The van der Waals surface area contributed by atoms with Gasteiger partial charge in [0.1, 0.15) is 0 Å². The average molecular weight is 499 g/mol. The number of fused-ring (bicyclic) bond motifs is 1. The number of likely N-dealkylation sites (N-methyl/N-ethyl adjacent to an activating group) is 2. The molecule has 0 fully saturated rings. The molecule has 3 aromatic carbocycles. The summed E-state index contributed by atoms with van der Waals surface area (Å²) in [5.41, 5.74) is 5.07. The van der Waals surface area contributed by atoms with E-state index < -0.39 is 5.97 Å². The zero-order valence-corrected chi connectivity index (χ0v) is 21.4. The lowest BCUT2D eigenvalue weighted by atomic mass is 9.99. The van der Waals surface area contributed by atoms with Gasteiger partial charge in [-0.25, -0.2) is 4.79 Å². The van der Waals surface area contributed by atoms with Crippen molar-refractivity contribution in [1.29, 1.82) is 0 Å². The summed E-state index contributed by atoms with van der Waals surface area (Å²) in [4.78, 5) is 41.2. The summed E-state index contributed by atoms with van der Waals surface area (Å²) >= 11 is 0. The Morgan fingerprint density at radius 2 is 1.62 bits per heavy atom. The van der Waals surface area contributed by atoms with Crippen molar-refractivity contribution in [2.24, 2.45) is 0 Å². The first kappa shape index (κ1) is 25.7. The number of amides is 2. The Kier molecular flexibility index (Phi) is 7.69. The highest BCUT2D eigenvalue weighted by Crippen LogP contribution is 2.38. The van der Waals surface area contributed by atoms with Crippen molar-refractivity contribution in [2.75, 3.05) is 49.8 Å². The summed E-state index contributed by atoms with van der Waals surface area (Å²) in [5, 5.41) is 6.29. The van der Waals surface area contributed by atoms with Gasteiger partial charge >= 0.3 is 5.97 Å². The lowest BCUT2D eigenvalue weighted by Crippen LogP contribution is -2.34. The number of nitrogens with zero attached hydrogens (tertiary/aromatic N) is 2. The Hall–Kier alpha value is -4.43. The molecule has 4 rings (SSSR count). The second kappa shape index (κ2) is 11.1. The van der Waals surface area contributed by atoms with Crippen LogP contribution in [0, 0.1) is 0 Å². The molecule has 0 spiro atoms. The number of hydrogen-bond acceptors (Lipinski definition) is 6. The fourth-order valence-electron chi connectivity index (χ4n) is 4.08. The highest BCUT2D eigenvalue weighted by Gasteiger charge is 2.29. The highest BCUT2D eigenvalue weighted by atomic mass is 16.5. The predicted molar refractivity (Wildman–Crippen MR) is 146 cm³/mol. The van der Waals surface area contributed by atoms with Crippen LogP contribution < -0.4 is 15.5 Å². The maximum atomic E-state index is 13.2. The molecule has 0 aromatic heterocycles. The quantitative estimate of drug-likeness (QED) is 0.355. The number of ether oxygens (including phenoxy) is 1. The molecule has 0 radical (unpaired) electrons. The number of esters is 1. The van der Waals surface area contributed by atoms with Crippen LogP contribution in [0.15, 0.2) is 72.8 Å². The monoisotopic (exact) mass is 498 g/mol. The standard InChI is InChI=1S/C29H30N4O4/c1-5-37-29(36)20-11-16-23-24(17-20)31-28(35)26(23)27(19-9-7-6-8-10-19)30-21-12-14-22(15-13-21)33(4)25(34)18-32(2)3/h6-17,30H,5,18H2,1-4H3,(H,31,35)/b27-26-. The predicted octanol–water partition coefficient (Wildman–Crippen LogP) is 4.32. The Balaban J connectivity index is 1.70. The lowest BCUT2D eigenvalue weighted by molar-refractivity contribution is -0.119. The molecule has 3 aromatic rings. The van der Waals surface area contributed by atoms with Gasteiger partial charge in [0.15, 0.2) is 0 Å². The topological polar surface area (TPSA) is 91.0 Å². The van der Waals surface area contributed by atoms with Gasteiger partial charge in [-0.3, -0.25) is 9.59 Å². The maximum absolute atomic E-state index is 13.2. The Bertz CT molecular complexity index is 1350. The second-order valence-corrected chi connectivity index (χ2v) is 8.91. The third-order valence-electron chi connectivity index (χ3n) is 5.94. The van der Waals surface area contributed by atoms with E-state index in [9.17, 15) is 14.4 Å². The zero-order valence-electron chi connectivity index (χ0n) is 21.4. The van der Waals surface area contributed by atoms with Gasteiger partial charge < -0.3 is 25.2 Å². The van der Waals surface area contributed by atoms with Crippen LogP contribution in [0.5, 0.6) is 0 Å². The molecule has 1 heterocycles. The molecule has 0 bridgehead atoms. The molecule has 37 heavy (non-hydrogen) atoms. The molecule has 0 atom stereocenters. The van der Waals surface area contributed by atoms with Crippen LogP contribution in [-0.4, -0.2) is 57.0 Å².